The Morgan fingerprint density at radius 3 is 2.93 bits per heavy atom. The first kappa shape index (κ1) is 20.1. The standard InChI is InChI=1S/C22H23N5O2S/c1-15-13-24-22(30-15)20-12-18(26-29-20)21(28)25-17-10-6-3-7-11-19(17)27(23)14-16-8-4-2-5-9-16/h2,4-6,8-10,12-13H,3,7,11,14,23H2,1H3,(H,25,28). The predicted octanol–water partition coefficient (Wildman–Crippen LogP) is 4.16. The number of nitrogens with one attached hydrogen (secondary N) is 1. The van der Waals surface area contributed by atoms with E-state index in [1.165, 1.54) is 11.3 Å². The Morgan fingerprint density at radius 1 is 1.33 bits per heavy atom. The maximum absolute atomic E-state index is 12.8. The molecular weight excluding hydrogens is 398 g/mol. The van der Waals surface area contributed by atoms with Crippen LogP contribution in [-0.4, -0.2) is 21.1 Å². The molecule has 1 aliphatic carbocycles. The van der Waals surface area contributed by atoms with Crippen LogP contribution in [-0.2, 0) is 6.54 Å². The second kappa shape index (κ2) is 9.06. The third kappa shape index (κ3) is 4.67. The Balaban J connectivity index is 1.53. The van der Waals surface area contributed by atoms with E-state index in [0.717, 1.165) is 35.4 Å². The number of amides is 1. The Hall–Kier alpha value is -3.23. The molecule has 0 atom stereocenters. The van der Waals surface area contributed by atoms with Crippen molar-refractivity contribution in [1.29, 1.82) is 0 Å². The van der Waals surface area contributed by atoms with Gasteiger partial charge in [-0.1, -0.05) is 41.6 Å². The monoisotopic (exact) mass is 421 g/mol. The number of nitrogens with two attached hydrogens (primary N) is 1. The molecule has 8 heteroatoms. The molecule has 2 heterocycles. The molecule has 2 aromatic heterocycles. The summed E-state index contributed by atoms with van der Waals surface area (Å²) < 4.78 is 5.32. The number of carbonyl (C=O) groups excluding carboxylic acids is 1. The van der Waals surface area contributed by atoms with Crippen LogP contribution in [0, 0.1) is 6.92 Å². The number of carbonyl (C=O) groups is 1. The van der Waals surface area contributed by atoms with Crippen molar-refractivity contribution in [3.63, 3.8) is 0 Å². The largest absolute Gasteiger partial charge is 0.353 e. The Labute approximate surface area is 178 Å². The van der Waals surface area contributed by atoms with Gasteiger partial charge < -0.3 is 14.8 Å². The van der Waals surface area contributed by atoms with Crippen LogP contribution >= 0.6 is 11.3 Å². The summed E-state index contributed by atoms with van der Waals surface area (Å²) in [7, 11) is 0. The topological polar surface area (TPSA) is 97.3 Å². The molecule has 0 unspecified atom stereocenters. The molecule has 0 aliphatic heterocycles. The fraction of sp³-hybridized carbons (Fsp3) is 0.227. The SMILES string of the molecule is Cc1cnc(-c2cc(C(=O)NC3=C(N(N)Cc4ccccc4)CCCC=C3)no2)s1. The molecule has 3 aromatic rings. The zero-order chi connectivity index (χ0) is 20.9. The van der Waals surface area contributed by atoms with Gasteiger partial charge in [0.05, 0.1) is 17.9 Å². The van der Waals surface area contributed by atoms with Gasteiger partial charge in [0.2, 0.25) is 0 Å². The maximum Gasteiger partial charge on any atom is 0.277 e. The maximum atomic E-state index is 12.8. The molecule has 0 saturated carbocycles. The van der Waals surface area contributed by atoms with Gasteiger partial charge >= 0.3 is 0 Å². The van der Waals surface area contributed by atoms with Gasteiger partial charge in [-0.3, -0.25) is 4.79 Å². The number of benzene rings is 1. The van der Waals surface area contributed by atoms with Gasteiger partial charge in [-0.15, -0.1) is 11.3 Å². The van der Waals surface area contributed by atoms with Crippen molar-refractivity contribution in [3.05, 3.63) is 82.3 Å². The van der Waals surface area contributed by atoms with Crippen molar-refractivity contribution < 1.29 is 9.32 Å². The summed E-state index contributed by atoms with van der Waals surface area (Å²) in [5.41, 5.74) is 2.88. The van der Waals surface area contributed by atoms with E-state index in [1.54, 1.807) is 17.3 Å². The summed E-state index contributed by atoms with van der Waals surface area (Å²) >= 11 is 1.49. The Bertz CT molecular complexity index is 1080. The molecule has 4 rings (SSSR count). The van der Waals surface area contributed by atoms with Crippen molar-refractivity contribution in [3.8, 4) is 10.8 Å². The number of allylic oxidation sites excluding steroid dienone is 3. The van der Waals surface area contributed by atoms with Crippen LogP contribution in [0.5, 0.6) is 0 Å². The first-order valence-corrected chi connectivity index (χ1v) is 10.6. The van der Waals surface area contributed by atoms with E-state index in [-0.39, 0.29) is 11.6 Å². The molecule has 7 nitrogen and oxygen atoms in total. The molecular formula is C22H23N5O2S. The minimum atomic E-state index is -0.342. The van der Waals surface area contributed by atoms with Crippen molar-refractivity contribution >= 4 is 17.2 Å². The fourth-order valence-corrected chi connectivity index (χ4v) is 3.96. The molecule has 30 heavy (non-hydrogen) atoms. The number of rotatable bonds is 6. The van der Waals surface area contributed by atoms with Crippen LogP contribution in [0.25, 0.3) is 10.8 Å². The zero-order valence-corrected chi connectivity index (χ0v) is 17.5. The highest BCUT2D eigenvalue weighted by molar-refractivity contribution is 7.14. The Kier molecular flexibility index (Phi) is 6.06. The first-order valence-electron chi connectivity index (χ1n) is 9.77. The summed E-state index contributed by atoms with van der Waals surface area (Å²) in [5.74, 6) is 6.52. The molecule has 3 N–H and O–H groups in total. The van der Waals surface area contributed by atoms with Crippen LogP contribution in [0.3, 0.4) is 0 Å². The molecule has 0 radical (unpaired) electrons. The molecule has 0 saturated heterocycles. The lowest BCUT2D eigenvalue weighted by molar-refractivity contribution is 0.0956. The van der Waals surface area contributed by atoms with Crippen LogP contribution in [0.15, 0.2) is 70.7 Å². The molecule has 154 valence electrons. The molecule has 0 bridgehead atoms. The van der Waals surface area contributed by atoms with Crippen LogP contribution in [0.2, 0.25) is 0 Å². The highest BCUT2D eigenvalue weighted by atomic mass is 32.1. The van der Waals surface area contributed by atoms with Gasteiger partial charge in [-0.05, 0) is 37.8 Å². The highest BCUT2D eigenvalue weighted by Crippen LogP contribution is 2.26. The summed E-state index contributed by atoms with van der Waals surface area (Å²) in [4.78, 5) is 18.2. The van der Waals surface area contributed by atoms with Gasteiger partial charge in [0.15, 0.2) is 16.5 Å². The Morgan fingerprint density at radius 2 is 2.17 bits per heavy atom. The van der Waals surface area contributed by atoms with Crippen LogP contribution in [0.1, 0.15) is 40.2 Å². The van der Waals surface area contributed by atoms with Gasteiger partial charge in [0, 0.05) is 17.1 Å². The van der Waals surface area contributed by atoms with E-state index in [0.29, 0.717) is 23.0 Å². The third-order valence-corrected chi connectivity index (χ3v) is 5.67. The zero-order valence-electron chi connectivity index (χ0n) is 16.7. The number of hydrazine groups is 1. The summed E-state index contributed by atoms with van der Waals surface area (Å²) in [5, 5.41) is 9.27. The summed E-state index contributed by atoms with van der Waals surface area (Å²) in [6.45, 7) is 2.52. The summed E-state index contributed by atoms with van der Waals surface area (Å²) in [6, 6.07) is 11.6. The fourth-order valence-electron chi connectivity index (χ4n) is 3.25. The summed E-state index contributed by atoms with van der Waals surface area (Å²) in [6.07, 6.45) is 8.39. The minimum Gasteiger partial charge on any atom is -0.353 e. The van der Waals surface area contributed by atoms with Crippen molar-refractivity contribution in [2.24, 2.45) is 5.84 Å². The third-order valence-electron chi connectivity index (χ3n) is 4.75. The van der Waals surface area contributed by atoms with Crippen molar-refractivity contribution in [1.82, 2.24) is 20.5 Å². The number of hydrogen-bond acceptors (Lipinski definition) is 7. The number of aromatic nitrogens is 2. The first-order chi connectivity index (χ1) is 14.6. The van der Waals surface area contributed by atoms with Gasteiger partial charge in [-0.2, -0.15) is 0 Å². The van der Waals surface area contributed by atoms with Crippen LogP contribution < -0.4 is 11.2 Å². The van der Waals surface area contributed by atoms with Gasteiger partial charge in [0.25, 0.3) is 5.91 Å². The lowest BCUT2D eigenvalue weighted by atomic mass is 10.1. The van der Waals surface area contributed by atoms with E-state index in [4.69, 9.17) is 10.4 Å². The predicted molar refractivity (Wildman–Crippen MR) is 116 cm³/mol. The van der Waals surface area contributed by atoms with E-state index in [1.807, 2.05) is 49.4 Å². The van der Waals surface area contributed by atoms with E-state index < -0.39 is 0 Å². The minimum absolute atomic E-state index is 0.203. The van der Waals surface area contributed by atoms with Crippen LogP contribution in [0.4, 0.5) is 0 Å². The number of nitrogens with zero attached hydrogens (tertiary/aromatic N) is 3. The smallest absolute Gasteiger partial charge is 0.277 e. The molecule has 0 spiro atoms. The number of hydrogen-bond donors (Lipinski definition) is 2. The number of thiazole rings is 1. The molecule has 1 amide bonds. The lowest BCUT2D eigenvalue weighted by Gasteiger charge is -2.24. The van der Waals surface area contributed by atoms with Gasteiger partial charge in [-0.25, -0.2) is 10.8 Å². The lowest BCUT2D eigenvalue weighted by Crippen LogP contribution is -2.34. The second-order valence-corrected chi connectivity index (χ2v) is 8.31. The molecule has 1 aromatic carbocycles. The molecule has 0 fully saturated rings. The van der Waals surface area contributed by atoms with Crippen molar-refractivity contribution in [2.45, 2.75) is 32.7 Å². The van der Waals surface area contributed by atoms with E-state index in [9.17, 15) is 4.79 Å². The second-order valence-electron chi connectivity index (χ2n) is 7.08. The van der Waals surface area contributed by atoms with Crippen molar-refractivity contribution in [2.75, 3.05) is 0 Å². The van der Waals surface area contributed by atoms with E-state index in [2.05, 4.69) is 15.5 Å². The average molecular weight is 422 g/mol. The number of aryl methyl sites for hydroxylation is 1. The quantitative estimate of drug-likeness (QED) is 0.458. The molecule has 1 aliphatic rings. The normalized spacial score (nSPS) is 13.9. The average Bonchev–Trinajstić information content (AvgIpc) is 3.34. The van der Waals surface area contributed by atoms with E-state index >= 15 is 0 Å². The van der Waals surface area contributed by atoms with Gasteiger partial charge in [0.1, 0.15) is 0 Å². The highest BCUT2D eigenvalue weighted by Gasteiger charge is 2.19.